The Kier molecular flexibility index (Phi) is 2.37. The number of carbonyl (C=O) groups is 1. The van der Waals surface area contributed by atoms with Gasteiger partial charge in [0.2, 0.25) is 0 Å². The highest BCUT2D eigenvalue weighted by Gasteiger charge is 2.38. The van der Waals surface area contributed by atoms with E-state index < -0.39 is 11.7 Å². The van der Waals surface area contributed by atoms with Crippen LogP contribution in [0.2, 0.25) is 0 Å². The Morgan fingerprint density at radius 1 is 1.57 bits per heavy atom. The number of carbonyl (C=O) groups excluding carboxylic acids is 1. The van der Waals surface area contributed by atoms with E-state index in [4.69, 9.17) is 10.5 Å². The van der Waals surface area contributed by atoms with Gasteiger partial charge in [-0.1, -0.05) is 4.59 Å². The predicted molar refractivity (Wildman–Crippen MR) is 53.2 cm³/mol. The van der Waals surface area contributed by atoms with Crippen molar-refractivity contribution >= 4 is 11.9 Å². The van der Waals surface area contributed by atoms with Gasteiger partial charge in [0.25, 0.3) is 0 Å². The van der Waals surface area contributed by atoms with E-state index in [0.29, 0.717) is 5.84 Å². The molecule has 1 aliphatic heterocycles. The Balaban J connectivity index is 2.77. The molecular weight excluding hydrogens is 182 g/mol. The molecule has 0 radical (unpaired) electrons. The molecule has 0 aromatic rings. The predicted octanol–water partition coefficient (Wildman–Crippen LogP) is 1.17. The van der Waals surface area contributed by atoms with Crippen LogP contribution in [0.15, 0.2) is 17.4 Å². The lowest BCUT2D eigenvalue weighted by molar-refractivity contribution is -0.790. The molecule has 1 heterocycles. The number of rotatable bonds is 0. The quantitative estimate of drug-likeness (QED) is 0.594. The van der Waals surface area contributed by atoms with Gasteiger partial charge in [-0.3, -0.25) is 0 Å². The maximum atomic E-state index is 11.7. The van der Waals surface area contributed by atoms with Gasteiger partial charge in [0.05, 0.1) is 0 Å². The number of nitrogens with zero attached hydrogens (tertiary/aromatic N) is 2. The van der Waals surface area contributed by atoms with Crippen molar-refractivity contribution in [3.05, 3.63) is 12.3 Å². The first-order valence-corrected chi connectivity index (χ1v) is 4.38. The Morgan fingerprint density at radius 2 is 2.14 bits per heavy atom. The molecule has 1 rings (SSSR count). The van der Waals surface area contributed by atoms with Crippen molar-refractivity contribution in [2.24, 2.45) is 10.8 Å². The lowest BCUT2D eigenvalue weighted by Gasteiger charge is -2.23. The fraction of sp³-hybridized carbons (Fsp3) is 0.556. The van der Waals surface area contributed by atoms with Gasteiger partial charge in [-0.25, -0.2) is 0 Å². The molecule has 2 N–H and O–H groups in total. The Morgan fingerprint density at radius 3 is 2.50 bits per heavy atom. The monoisotopic (exact) mass is 198 g/mol. The van der Waals surface area contributed by atoms with Crippen LogP contribution in [0.4, 0.5) is 4.79 Å². The summed E-state index contributed by atoms with van der Waals surface area (Å²) >= 11 is 0. The first kappa shape index (κ1) is 10.7. The van der Waals surface area contributed by atoms with E-state index in [-0.39, 0.29) is 4.59 Å². The number of amidine groups is 1. The zero-order valence-corrected chi connectivity index (χ0v) is 8.94. The first-order valence-electron chi connectivity index (χ1n) is 4.38. The third-order valence-corrected chi connectivity index (χ3v) is 1.62. The van der Waals surface area contributed by atoms with Crippen LogP contribution in [0.5, 0.6) is 0 Å². The summed E-state index contributed by atoms with van der Waals surface area (Å²) in [4.78, 5) is 11.7. The summed E-state index contributed by atoms with van der Waals surface area (Å²) in [5.74, 6) is 0.332. The molecule has 0 aromatic heterocycles. The molecule has 5 nitrogen and oxygen atoms in total. The van der Waals surface area contributed by atoms with Crippen molar-refractivity contribution in [1.82, 2.24) is 0 Å². The maximum absolute atomic E-state index is 11.7. The molecule has 1 amide bonds. The molecule has 0 aliphatic carbocycles. The van der Waals surface area contributed by atoms with Crippen LogP contribution < -0.4 is 5.73 Å². The summed E-state index contributed by atoms with van der Waals surface area (Å²) in [7, 11) is 1.62. The molecule has 1 atom stereocenters. The highest BCUT2D eigenvalue weighted by atomic mass is 16.6. The highest BCUT2D eigenvalue weighted by Crippen LogP contribution is 2.18. The molecule has 0 aromatic carbocycles. The van der Waals surface area contributed by atoms with Gasteiger partial charge in [-0.05, 0) is 25.9 Å². The van der Waals surface area contributed by atoms with Crippen LogP contribution in [0, 0.1) is 0 Å². The molecule has 0 bridgehead atoms. The van der Waals surface area contributed by atoms with Gasteiger partial charge in [-0.2, -0.15) is 4.79 Å². The van der Waals surface area contributed by atoms with Crippen LogP contribution in [0.25, 0.3) is 0 Å². The zero-order valence-electron chi connectivity index (χ0n) is 8.94. The van der Waals surface area contributed by atoms with Gasteiger partial charge >= 0.3 is 6.09 Å². The van der Waals surface area contributed by atoms with Crippen molar-refractivity contribution in [3.63, 3.8) is 0 Å². The van der Waals surface area contributed by atoms with E-state index in [2.05, 4.69) is 5.10 Å². The van der Waals surface area contributed by atoms with Gasteiger partial charge in [0, 0.05) is 6.08 Å². The molecule has 0 fully saturated rings. The van der Waals surface area contributed by atoms with Gasteiger partial charge < -0.3 is 10.5 Å². The van der Waals surface area contributed by atoms with Gasteiger partial charge in [-0.15, -0.1) is 0 Å². The van der Waals surface area contributed by atoms with Crippen molar-refractivity contribution in [2.45, 2.75) is 26.4 Å². The van der Waals surface area contributed by atoms with Gasteiger partial charge in [0.15, 0.2) is 5.84 Å². The number of quaternary nitrogens is 1. The highest BCUT2D eigenvalue weighted by molar-refractivity contribution is 5.92. The van der Waals surface area contributed by atoms with E-state index in [9.17, 15) is 4.79 Å². The Labute approximate surface area is 83.4 Å². The lowest BCUT2D eigenvalue weighted by atomic mass is 10.2. The second-order valence-corrected chi connectivity index (χ2v) is 4.35. The minimum absolute atomic E-state index is 0.275. The van der Waals surface area contributed by atoms with Crippen LogP contribution in [0.1, 0.15) is 20.8 Å². The van der Waals surface area contributed by atoms with Crippen molar-refractivity contribution in [3.8, 4) is 0 Å². The van der Waals surface area contributed by atoms with E-state index in [1.165, 1.54) is 0 Å². The minimum atomic E-state index is -0.515. The fourth-order valence-electron chi connectivity index (χ4n) is 0.984. The van der Waals surface area contributed by atoms with E-state index >= 15 is 0 Å². The number of hydrogen-bond donors (Lipinski definition) is 1. The van der Waals surface area contributed by atoms with E-state index in [0.717, 1.165) is 0 Å². The Bertz CT molecular complexity index is 315. The largest absolute Gasteiger partial charge is 0.548 e. The molecular formula is C9H16N3O2+. The molecule has 0 spiro atoms. The number of nitrogens with two attached hydrogens (primary N) is 1. The number of hydrogen-bond acceptors (Lipinski definition) is 4. The van der Waals surface area contributed by atoms with Gasteiger partial charge in [0.1, 0.15) is 18.8 Å². The lowest BCUT2D eigenvalue weighted by Crippen LogP contribution is -2.42. The molecule has 0 saturated carbocycles. The third-order valence-electron chi connectivity index (χ3n) is 1.62. The topological polar surface area (TPSA) is 64.7 Å². The summed E-state index contributed by atoms with van der Waals surface area (Å²) in [6.07, 6.45) is 2.74. The maximum Gasteiger partial charge on any atom is 0.548 e. The molecule has 0 unspecified atom stereocenters. The molecule has 1 aliphatic rings. The minimum Gasteiger partial charge on any atom is -0.412 e. The number of amides is 1. The number of ether oxygens (including phenoxy) is 1. The fourth-order valence-corrected chi connectivity index (χ4v) is 0.984. The average molecular weight is 198 g/mol. The second-order valence-electron chi connectivity index (χ2n) is 4.35. The van der Waals surface area contributed by atoms with Crippen LogP contribution >= 0.6 is 0 Å². The Hall–Kier alpha value is -1.36. The van der Waals surface area contributed by atoms with Crippen LogP contribution in [-0.2, 0) is 4.74 Å². The van der Waals surface area contributed by atoms with Crippen molar-refractivity contribution in [2.75, 3.05) is 7.05 Å². The average Bonchev–Trinajstić information content (AvgIpc) is 2.29. The normalized spacial score (nSPS) is 26.1. The summed E-state index contributed by atoms with van der Waals surface area (Å²) in [6.45, 7) is 5.43. The van der Waals surface area contributed by atoms with E-state index in [1.807, 2.05) is 20.8 Å². The molecule has 78 valence electrons. The summed E-state index contributed by atoms with van der Waals surface area (Å²) < 4.78 is 4.92. The first-order chi connectivity index (χ1) is 6.23. The summed E-state index contributed by atoms with van der Waals surface area (Å²) in [5, 5.41) is 3.95. The molecule has 5 heteroatoms. The van der Waals surface area contributed by atoms with E-state index in [1.54, 1.807) is 19.3 Å². The SMILES string of the molecule is CC(C)(C)OC(=O)[N@+]1(C)C=CC(N)=N1. The smallest absolute Gasteiger partial charge is 0.412 e. The summed E-state index contributed by atoms with van der Waals surface area (Å²) in [6, 6.07) is 0. The van der Waals surface area contributed by atoms with Crippen LogP contribution in [0.3, 0.4) is 0 Å². The zero-order chi connectivity index (χ0) is 11.0. The summed E-state index contributed by atoms with van der Waals surface area (Å²) in [5.41, 5.74) is 4.94. The van der Waals surface area contributed by atoms with Crippen LogP contribution in [-0.4, -0.2) is 29.2 Å². The molecule has 14 heavy (non-hydrogen) atoms. The molecule has 0 saturated heterocycles. The second kappa shape index (κ2) is 3.09. The van der Waals surface area contributed by atoms with Crippen molar-refractivity contribution in [1.29, 1.82) is 0 Å². The standard InChI is InChI=1S/C9H16N3O2/c1-9(2,3)14-8(13)12(4)6-5-7(10)11-12/h5-6H,1-4H3,(H2,10,11)/q+1/t12-/m0/s1. The van der Waals surface area contributed by atoms with Crippen molar-refractivity contribution < 1.29 is 14.1 Å². The third kappa shape index (κ3) is 2.32.